The van der Waals surface area contributed by atoms with E-state index in [4.69, 9.17) is 0 Å². The van der Waals surface area contributed by atoms with Gasteiger partial charge in [-0.05, 0) is 39.0 Å². The zero-order valence-corrected chi connectivity index (χ0v) is 11.8. The number of carbonyl (C=O) groups is 1. The second-order valence-corrected chi connectivity index (χ2v) is 5.55. The van der Waals surface area contributed by atoms with E-state index in [1.807, 2.05) is 20.8 Å². The normalized spacial score (nSPS) is 12.1. The molecule has 0 aliphatic carbocycles. The summed E-state index contributed by atoms with van der Waals surface area (Å²) in [7, 11) is 0. The van der Waals surface area contributed by atoms with Crippen LogP contribution in [0.15, 0.2) is 24.3 Å². The molecule has 0 aromatic heterocycles. The van der Waals surface area contributed by atoms with E-state index in [0.717, 1.165) is 12.1 Å². The van der Waals surface area contributed by atoms with Gasteiger partial charge in [0.05, 0.1) is 5.56 Å². The van der Waals surface area contributed by atoms with Crippen LogP contribution in [0.4, 0.5) is 18.9 Å². The molecule has 0 radical (unpaired) electrons. The van der Waals surface area contributed by atoms with Crippen LogP contribution in [-0.4, -0.2) is 18.0 Å². The van der Waals surface area contributed by atoms with E-state index in [9.17, 15) is 18.0 Å². The predicted octanol–water partition coefficient (Wildman–Crippen LogP) is 3.42. The van der Waals surface area contributed by atoms with Crippen LogP contribution in [0.3, 0.4) is 0 Å². The lowest BCUT2D eigenvalue weighted by Crippen LogP contribution is -2.41. The lowest BCUT2D eigenvalue weighted by Gasteiger charge is -2.20. The van der Waals surface area contributed by atoms with E-state index in [1.165, 1.54) is 12.1 Å². The summed E-state index contributed by atoms with van der Waals surface area (Å²) in [5, 5.41) is 5.60. The van der Waals surface area contributed by atoms with Gasteiger partial charge < -0.3 is 10.6 Å². The van der Waals surface area contributed by atoms with Gasteiger partial charge in [-0.2, -0.15) is 13.2 Å². The van der Waals surface area contributed by atoms with E-state index in [0.29, 0.717) is 5.69 Å². The van der Waals surface area contributed by atoms with Crippen LogP contribution < -0.4 is 10.6 Å². The summed E-state index contributed by atoms with van der Waals surface area (Å²) in [6.07, 6.45) is -4.16. The molecule has 0 fully saturated rings. The number of benzene rings is 1. The van der Waals surface area contributed by atoms with Crippen molar-refractivity contribution < 1.29 is 18.0 Å². The van der Waals surface area contributed by atoms with Crippen molar-refractivity contribution in [3.8, 4) is 0 Å². The molecule has 0 saturated carbocycles. The number of nitrogens with one attached hydrogen (secondary N) is 2. The molecule has 0 aliphatic rings. The Morgan fingerprint density at radius 3 is 2.40 bits per heavy atom. The van der Waals surface area contributed by atoms with Gasteiger partial charge in [0.1, 0.15) is 0 Å². The molecule has 0 bridgehead atoms. The first-order valence-electron chi connectivity index (χ1n) is 6.30. The fourth-order valence-corrected chi connectivity index (χ4v) is 1.61. The minimum Gasteiger partial charge on any atom is -0.385 e. The quantitative estimate of drug-likeness (QED) is 0.891. The van der Waals surface area contributed by atoms with Crippen molar-refractivity contribution in [1.82, 2.24) is 5.32 Å². The third-order valence-corrected chi connectivity index (χ3v) is 2.39. The van der Waals surface area contributed by atoms with Gasteiger partial charge >= 0.3 is 6.18 Å². The molecule has 6 heteroatoms. The Balaban J connectivity index is 2.49. The molecule has 20 heavy (non-hydrogen) atoms. The highest BCUT2D eigenvalue weighted by atomic mass is 19.4. The van der Waals surface area contributed by atoms with Gasteiger partial charge in [-0.1, -0.05) is 6.07 Å². The average Bonchev–Trinajstić information content (AvgIpc) is 2.25. The Labute approximate surface area is 116 Å². The molecule has 112 valence electrons. The minimum absolute atomic E-state index is 0.142. The van der Waals surface area contributed by atoms with Crippen LogP contribution in [0, 0.1) is 0 Å². The lowest BCUT2D eigenvalue weighted by molar-refractivity contribution is -0.137. The summed E-state index contributed by atoms with van der Waals surface area (Å²) >= 11 is 0. The van der Waals surface area contributed by atoms with E-state index in [2.05, 4.69) is 10.6 Å². The molecule has 0 spiro atoms. The predicted molar refractivity (Wildman–Crippen MR) is 72.4 cm³/mol. The van der Waals surface area contributed by atoms with Crippen molar-refractivity contribution in [3.63, 3.8) is 0 Å². The van der Waals surface area contributed by atoms with Crippen molar-refractivity contribution in [2.45, 2.75) is 38.9 Å². The van der Waals surface area contributed by atoms with Gasteiger partial charge in [0.15, 0.2) is 0 Å². The van der Waals surface area contributed by atoms with E-state index in [-0.39, 0.29) is 24.4 Å². The molecule has 1 amide bonds. The van der Waals surface area contributed by atoms with Crippen molar-refractivity contribution in [1.29, 1.82) is 0 Å². The van der Waals surface area contributed by atoms with Crippen LogP contribution in [0.2, 0.25) is 0 Å². The van der Waals surface area contributed by atoms with Crippen LogP contribution >= 0.6 is 0 Å². The monoisotopic (exact) mass is 288 g/mol. The van der Waals surface area contributed by atoms with Gasteiger partial charge in [0.25, 0.3) is 0 Å². The van der Waals surface area contributed by atoms with Crippen LogP contribution in [0.1, 0.15) is 32.8 Å². The van der Waals surface area contributed by atoms with Crippen LogP contribution in [-0.2, 0) is 11.0 Å². The largest absolute Gasteiger partial charge is 0.416 e. The fraction of sp³-hybridized carbons (Fsp3) is 0.500. The number of alkyl halides is 3. The number of amides is 1. The van der Waals surface area contributed by atoms with Crippen LogP contribution in [0.5, 0.6) is 0 Å². The molecular weight excluding hydrogens is 269 g/mol. The Bertz CT molecular complexity index is 464. The fourth-order valence-electron chi connectivity index (χ4n) is 1.61. The molecule has 3 nitrogen and oxygen atoms in total. The summed E-state index contributed by atoms with van der Waals surface area (Å²) in [4.78, 5) is 11.5. The number of hydrogen-bond acceptors (Lipinski definition) is 2. The number of rotatable bonds is 4. The second kappa shape index (κ2) is 6.15. The van der Waals surface area contributed by atoms with Gasteiger partial charge in [-0.15, -0.1) is 0 Å². The van der Waals surface area contributed by atoms with Gasteiger partial charge in [0, 0.05) is 24.2 Å². The SMILES string of the molecule is CC(C)(C)NC(=O)CCNc1cccc(C(F)(F)F)c1. The zero-order valence-electron chi connectivity index (χ0n) is 11.8. The highest BCUT2D eigenvalue weighted by molar-refractivity contribution is 5.77. The molecule has 1 rings (SSSR count). The molecule has 1 aromatic carbocycles. The maximum absolute atomic E-state index is 12.5. The molecule has 2 N–H and O–H groups in total. The molecule has 0 aliphatic heterocycles. The van der Waals surface area contributed by atoms with Crippen LogP contribution in [0.25, 0.3) is 0 Å². The summed E-state index contributed by atoms with van der Waals surface area (Å²) < 4.78 is 37.5. The third-order valence-electron chi connectivity index (χ3n) is 2.39. The Morgan fingerprint density at radius 2 is 1.85 bits per heavy atom. The Hall–Kier alpha value is -1.72. The topological polar surface area (TPSA) is 41.1 Å². The summed E-state index contributed by atoms with van der Waals surface area (Å²) in [5.41, 5.74) is -0.669. The first kappa shape index (κ1) is 16.3. The van der Waals surface area contributed by atoms with Crippen molar-refractivity contribution in [2.24, 2.45) is 0 Å². The van der Waals surface area contributed by atoms with Crippen molar-refractivity contribution in [2.75, 3.05) is 11.9 Å². The standard InChI is InChI=1S/C14H19F3N2O/c1-13(2,3)19-12(20)7-8-18-11-6-4-5-10(9-11)14(15,16)17/h4-6,9,18H,7-8H2,1-3H3,(H,19,20). The summed E-state index contributed by atoms with van der Waals surface area (Å²) in [6.45, 7) is 5.88. The van der Waals surface area contributed by atoms with Crippen molar-refractivity contribution >= 4 is 11.6 Å². The maximum Gasteiger partial charge on any atom is 0.416 e. The number of carbonyl (C=O) groups excluding carboxylic acids is 1. The molecule has 0 saturated heterocycles. The first-order valence-corrected chi connectivity index (χ1v) is 6.30. The minimum atomic E-state index is -4.36. The van der Waals surface area contributed by atoms with Gasteiger partial charge in [0.2, 0.25) is 5.91 Å². The maximum atomic E-state index is 12.5. The highest BCUT2D eigenvalue weighted by Crippen LogP contribution is 2.30. The summed E-state index contributed by atoms with van der Waals surface area (Å²) in [6, 6.07) is 4.91. The van der Waals surface area contributed by atoms with Crippen molar-refractivity contribution in [3.05, 3.63) is 29.8 Å². The summed E-state index contributed by atoms with van der Waals surface area (Å²) in [5.74, 6) is -0.142. The lowest BCUT2D eigenvalue weighted by atomic mass is 10.1. The third kappa shape index (κ3) is 5.95. The highest BCUT2D eigenvalue weighted by Gasteiger charge is 2.30. The molecule has 1 aromatic rings. The van der Waals surface area contributed by atoms with E-state index < -0.39 is 11.7 Å². The van der Waals surface area contributed by atoms with Gasteiger partial charge in [-0.3, -0.25) is 4.79 Å². The molecule has 0 unspecified atom stereocenters. The smallest absolute Gasteiger partial charge is 0.385 e. The van der Waals surface area contributed by atoms with Gasteiger partial charge in [-0.25, -0.2) is 0 Å². The number of hydrogen-bond donors (Lipinski definition) is 2. The second-order valence-electron chi connectivity index (χ2n) is 5.55. The number of anilines is 1. The molecule has 0 heterocycles. The molecular formula is C14H19F3N2O. The zero-order chi connectivity index (χ0) is 15.4. The average molecular weight is 288 g/mol. The Morgan fingerprint density at radius 1 is 1.20 bits per heavy atom. The van der Waals surface area contributed by atoms with E-state index >= 15 is 0 Å². The first-order chi connectivity index (χ1) is 9.08. The van der Waals surface area contributed by atoms with E-state index in [1.54, 1.807) is 0 Å². The Kier molecular flexibility index (Phi) is 5.03. The number of halogens is 3. The molecule has 0 atom stereocenters.